The summed E-state index contributed by atoms with van der Waals surface area (Å²) in [4.78, 5) is 24.3. The van der Waals surface area contributed by atoms with Crippen molar-refractivity contribution in [3.8, 4) is 5.69 Å². The lowest BCUT2D eigenvalue weighted by Crippen LogP contribution is -2.35. The average Bonchev–Trinajstić information content (AvgIpc) is 2.88. The zero-order valence-corrected chi connectivity index (χ0v) is 16.3. The Balaban J connectivity index is 2.07. The number of nitrogens with zero attached hydrogens (tertiary/aromatic N) is 1. The Morgan fingerprint density at radius 2 is 1.81 bits per heavy atom. The largest absolute Gasteiger partial charge is 0.452 e. The summed E-state index contributed by atoms with van der Waals surface area (Å²) < 4.78 is 7.22. The van der Waals surface area contributed by atoms with E-state index in [1.54, 1.807) is 6.07 Å². The molecule has 0 spiro atoms. The molecule has 0 saturated carbocycles. The topological polar surface area (TPSA) is 60.3 Å². The van der Waals surface area contributed by atoms with Crippen LogP contribution < -0.4 is 5.32 Å². The maximum atomic E-state index is 12.4. The van der Waals surface area contributed by atoms with Crippen LogP contribution in [0.5, 0.6) is 0 Å². The molecular weight excluding hydrogens is 328 g/mol. The number of aromatic nitrogens is 1. The second kappa shape index (κ2) is 8.70. The molecule has 5 heteroatoms. The third kappa shape index (κ3) is 4.75. The molecule has 0 bridgehead atoms. The van der Waals surface area contributed by atoms with Crippen LogP contribution in [0.25, 0.3) is 5.69 Å². The fourth-order valence-electron chi connectivity index (χ4n) is 3.09. The molecule has 0 aliphatic rings. The van der Waals surface area contributed by atoms with E-state index in [-0.39, 0.29) is 18.6 Å². The van der Waals surface area contributed by atoms with E-state index in [2.05, 4.69) is 12.2 Å². The second-order valence-corrected chi connectivity index (χ2v) is 6.79. The first-order chi connectivity index (χ1) is 12.3. The first-order valence-electron chi connectivity index (χ1n) is 9.06. The van der Waals surface area contributed by atoms with Gasteiger partial charge in [-0.2, -0.15) is 0 Å². The molecule has 1 heterocycles. The van der Waals surface area contributed by atoms with Crippen LogP contribution in [0, 0.1) is 20.8 Å². The smallest absolute Gasteiger partial charge is 0.340 e. The van der Waals surface area contributed by atoms with Gasteiger partial charge in [-0.15, -0.1) is 0 Å². The SMILES string of the molecule is CCC[C@H](C)NC(=O)COC(=O)c1cc(C)n(-c2ccc(C)cc2)c1C. The van der Waals surface area contributed by atoms with Gasteiger partial charge in [0.2, 0.25) is 0 Å². The predicted molar refractivity (Wildman–Crippen MR) is 103 cm³/mol. The molecule has 1 aromatic carbocycles. The molecule has 26 heavy (non-hydrogen) atoms. The Kier molecular flexibility index (Phi) is 6.61. The monoisotopic (exact) mass is 356 g/mol. The summed E-state index contributed by atoms with van der Waals surface area (Å²) in [5.74, 6) is -0.749. The van der Waals surface area contributed by atoms with Crippen molar-refractivity contribution in [2.75, 3.05) is 6.61 Å². The average molecular weight is 356 g/mol. The maximum Gasteiger partial charge on any atom is 0.340 e. The molecule has 5 nitrogen and oxygen atoms in total. The van der Waals surface area contributed by atoms with E-state index in [4.69, 9.17) is 4.74 Å². The number of esters is 1. The van der Waals surface area contributed by atoms with Gasteiger partial charge < -0.3 is 14.6 Å². The summed E-state index contributed by atoms with van der Waals surface area (Å²) in [5.41, 5.74) is 4.41. The number of nitrogens with one attached hydrogen (secondary N) is 1. The standard InChI is InChI=1S/C21H28N2O3/c1-6-7-15(3)22-20(24)13-26-21(25)19-12-16(4)23(17(19)5)18-10-8-14(2)9-11-18/h8-12,15H,6-7,13H2,1-5H3,(H,22,24)/t15-/m0/s1. The highest BCUT2D eigenvalue weighted by atomic mass is 16.5. The van der Waals surface area contributed by atoms with Crippen LogP contribution >= 0.6 is 0 Å². The first kappa shape index (κ1) is 19.8. The number of ether oxygens (including phenoxy) is 1. The van der Waals surface area contributed by atoms with Crippen LogP contribution in [-0.2, 0) is 9.53 Å². The van der Waals surface area contributed by atoms with Crippen LogP contribution in [0.3, 0.4) is 0 Å². The second-order valence-electron chi connectivity index (χ2n) is 6.79. The Morgan fingerprint density at radius 1 is 1.15 bits per heavy atom. The summed E-state index contributed by atoms with van der Waals surface area (Å²) in [6.07, 6.45) is 1.89. The van der Waals surface area contributed by atoms with Crippen LogP contribution in [0.4, 0.5) is 0 Å². The Bertz CT molecular complexity index is 775. The third-order valence-electron chi connectivity index (χ3n) is 4.41. The molecule has 0 aliphatic carbocycles. The van der Waals surface area contributed by atoms with Crippen molar-refractivity contribution in [1.82, 2.24) is 9.88 Å². The lowest BCUT2D eigenvalue weighted by Gasteiger charge is -2.13. The zero-order chi connectivity index (χ0) is 19.3. The number of benzene rings is 1. The van der Waals surface area contributed by atoms with Gasteiger partial charge in [0, 0.05) is 23.1 Å². The highest BCUT2D eigenvalue weighted by molar-refractivity contribution is 5.93. The van der Waals surface area contributed by atoms with Crippen molar-refractivity contribution in [3.05, 3.63) is 52.8 Å². The van der Waals surface area contributed by atoms with Gasteiger partial charge in [-0.3, -0.25) is 4.79 Å². The molecule has 2 aromatic rings. The number of hydrogen-bond acceptors (Lipinski definition) is 3. The third-order valence-corrected chi connectivity index (χ3v) is 4.41. The molecule has 1 aromatic heterocycles. The normalized spacial score (nSPS) is 11.9. The van der Waals surface area contributed by atoms with Crippen LogP contribution in [-0.4, -0.2) is 29.1 Å². The van der Waals surface area contributed by atoms with Crippen molar-refractivity contribution in [2.24, 2.45) is 0 Å². The van der Waals surface area contributed by atoms with Gasteiger partial charge in [0.15, 0.2) is 6.61 Å². The summed E-state index contributed by atoms with van der Waals surface area (Å²) in [7, 11) is 0. The minimum Gasteiger partial charge on any atom is -0.452 e. The fraction of sp³-hybridized carbons (Fsp3) is 0.429. The predicted octanol–water partition coefficient (Wildman–Crippen LogP) is 3.86. The summed E-state index contributed by atoms with van der Waals surface area (Å²) in [5, 5.41) is 2.83. The Hall–Kier alpha value is -2.56. The first-order valence-corrected chi connectivity index (χ1v) is 9.06. The number of hydrogen-bond donors (Lipinski definition) is 1. The Morgan fingerprint density at radius 3 is 2.42 bits per heavy atom. The molecule has 1 N–H and O–H groups in total. The highest BCUT2D eigenvalue weighted by Crippen LogP contribution is 2.21. The van der Waals surface area contributed by atoms with Crippen molar-refractivity contribution in [2.45, 2.75) is 53.5 Å². The number of aryl methyl sites for hydroxylation is 2. The van der Waals surface area contributed by atoms with Crippen LogP contribution in [0.1, 0.15) is 54.0 Å². The Labute approximate surface area is 155 Å². The molecule has 2 rings (SSSR count). The van der Waals surface area contributed by atoms with Crippen molar-refractivity contribution in [3.63, 3.8) is 0 Å². The minimum atomic E-state index is -0.477. The number of rotatable bonds is 7. The van der Waals surface area contributed by atoms with Gasteiger partial charge in [-0.1, -0.05) is 31.0 Å². The minimum absolute atomic E-state index is 0.0813. The molecule has 0 aliphatic heterocycles. The molecule has 1 atom stereocenters. The van der Waals surface area contributed by atoms with Crippen molar-refractivity contribution in [1.29, 1.82) is 0 Å². The molecule has 140 valence electrons. The van der Waals surface area contributed by atoms with E-state index in [0.29, 0.717) is 5.56 Å². The van der Waals surface area contributed by atoms with E-state index < -0.39 is 5.97 Å². The number of carbonyl (C=O) groups is 2. The quantitative estimate of drug-likeness (QED) is 0.766. The maximum absolute atomic E-state index is 12.4. The lowest BCUT2D eigenvalue weighted by molar-refractivity contribution is -0.124. The molecule has 0 saturated heterocycles. The summed E-state index contributed by atoms with van der Waals surface area (Å²) in [6.45, 7) is 9.61. The summed E-state index contributed by atoms with van der Waals surface area (Å²) >= 11 is 0. The summed E-state index contributed by atoms with van der Waals surface area (Å²) in [6, 6.07) is 10.00. The lowest BCUT2D eigenvalue weighted by atomic mass is 10.2. The highest BCUT2D eigenvalue weighted by Gasteiger charge is 2.19. The van der Waals surface area contributed by atoms with Gasteiger partial charge in [0.25, 0.3) is 5.91 Å². The van der Waals surface area contributed by atoms with E-state index >= 15 is 0 Å². The zero-order valence-electron chi connectivity index (χ0n) is 16.3. The van der Waals surface area contributed by atoms with E-state index in [1.807, 2.05) is 56.5 Å². The van der Waals surface area contributed by atoms with Gasteiger partial charge >= 0.3 is 5.97 Å². The van der Waals surface area contributed by atoms with Crippen molar-refractivity contribution >= 4 is 11.9 Å². The van der Waals surface area contributed by atoms with E-state index in [1.165, 1.54) is 5.56 Å². The fourth-order valence-corrected chi connectivity index (χ4v) is 3.09. The molecule has 1 amide bonds. The number of carbonyl (C=O) groups excluding carboxylic acids is 2. The molecular formula is C21H28N2O3. The molecule has 0 radical (unpaired) electrons. The van der Waals surface area contributed by atoms with Gasteiger partial charge in [-0.25, -0.2) is 4.79 Å². The molecule has 0 unspecified atom stereocenters. The van der Waals surface area contributed by atoms with E-state index in [0.717, 1.165) is 29.9 Å². The van der Waals surface area contributed by atoms with Crippen molar-refractivity contribution < 1.29 is 14.3 Å². The van der Waals surface area contributed by atoms with Gasteiger partial charge in [0.05, 0.1) is 5.56 Å². The van der Waals surface area contributed by atoms with E-state index in [9.17, 15) is 9.59 Å². The van der Waals surface area contributed by atoms with Crippen LogP contribution in [0.15, 0.2) is 30.3 Å². The number of amides is 1. The van der Waals surface area contributed by atoms with Gasteiger partial charge in [-0.05, 0) is 52.3 Å². The van der Waals surface area contributed by atoms with Crippen LogP contribution in [0.2, 0.25) is 0 Å². The molecule has 0 fully saturated rings. The van der Waals surface area contributed by atoms with Gasteiger partial charge in [0.1, 0.15) is 0 Å².